The van der Waals surface area contributed by atoms with Gasteiger partial charge in [0.25, 0.3) is 5.91 Å². The van der Waals surface area contributed by atoms with Crippen LogP contribution < -0.4 is 15.0 Å². The van der Waals surface area contributed by atoms with E-state index in [1.54, 1.807) is 7.11 Å². The Bertz CT molecular complexity index is 1180. The first-order valence-electron chi connectivity index (χ1n) is 10.9. The number of carbonyl (C=O) groups is 1. The summed E-state index contributed by atoms with van der Waals surface area (Å²) in [4.78, 5) is 15.9. The van der Waals surface area contributed by atoms with E-state index in [0.29, 0.717) is 12.1 Å². The minimum atomic E-state index is -0.138. The molecule has 0 spiro atoms. The van der Waals surface area contributed by atoms with Crippen LogP contribution in [0.4, 0.5) is 5.69 Å². The van der Waals surface area contributed by atoms with E-state index < -0.39 is 0 Å². The van der Waals surface area contributed by atoms with E-state index in [9.17, 15) is 4.79 Å². The molecule has 0 aliphatic carbocycles. The minimum Gasteiger partial charge on any atom is -0.496 e. The Morgan fingerprint density at radius 2 is 1.66 bits per heavy atom. The third kappa shape index (κ3) is 3.89. The summed E-state index contributed by atoms with van der Waals surface area (Å²) in [6, 6.07) is 22.0. The number of benzene rings is 3. The fraction of sp³-hybridized carbons (Fsp3) is 0.250. The fourth-order valence-electron chi connectivity index (χ4n) is 4.47. The zero-order valence-electron chi connectivity index (χ0n) is 19.4. The van der Waals surface area contributed by atoms with Crippen LogP contribution in [0.1, 0.15) is 42.3 Å². The van der Waals surface area contributed by atoms with Crippen LogP contribution in [0.2, 0.25) is 0 Å². The molecule has 4 heteroatoms. The number of amides is 1. The molecule has 1 heterocycles. The number of methoxy groups -OCH3 is 1. The smallest absolute Gasteiger partial charge is 0.252 e. The summed E-state index contributed by atoms with van der Waals surface area (Å²) in [5.41, 5.74) is 6.51. The van der Waals surface area contributed by atoms with Crippen molar-refractivity contribution in [2.24, 2.45) is 0 Å². The van der Waals surface area contributed by atoms with Crippen molar-refractivity contribution in [3.8, 4) is 16.9 Å². The molecule has 0 unspecified atom stereocenters. The number of carbonyl (C=O) groups excluding carboxylic acids is 1. The number of anilines is 1. The Labute approximate surface area is 190 Å². The third-order valence-corrected chi connectivity index (χ3v) is 6.29. The van der Waals surface area contributed by atoms with E-state index in [4.69, 9.17) is 4.74 Å². The highest BCUT2D eigenvalue weighted by Gasteiger charge is 2.33. The molecular weight excluding hydrogens is 396 g/mol. The minimum absolute atomic E-state index is 0.0903. The number of likely N-dealkylation sites (N-methyl/N-ethyl adjacent to an activating group) is 1. The van der Waals surface area contributed by atoms with Gasteiger partial charge in [0.1, 0.15) is 5.75 Å². The molecule has 0 saturated heterocycles. The van der Waals surface area contributed by atoms with Crippen molar-refractivity contribution in [2.45, 2.75) is 32.9 Å². The molecule has 0 radical (unpaired) electrons. The second-order valence-corrected chi connectivity index (χ2v) is 8.79. The molecule has 0 atom stereocenters. The number of hydrogen-bond acceptors (Lipinski definition) is 3. The number of rotatable bonds is 5. The maximum absolute atomic E-state index is 13.7. The molecule has 3 aromatic carbocycles. The summed E-state index contributed by atoms with van der Waals surface area (Å²) in [6.07, 6.45) is 2.23. The van der Waals surface area contributed by atoms with E-state index in [1.165, 1.54) is 0 Å². The summed E-state index contributed by atoms with van der Waals surface area (Å²) in [6.45, 7) is 6.93. The van der Waals surface area contributed by atoms with Crippen molar-refractivity contribution in [1.29, 1.82) is 0 Å². The van der Waals surface area contributed by atoms with Crippen molar-refractivity contribution < 1.29 is 9.53 Å². The van der Waals surface area contributed by atoms with Gasteiger partial charge in [-0.25, -0.2) is 0 Å². The van der Waals surface area contributed by atoms with Crippen LogP contribution >= 0.6 is 0 Å². The first kappa shape index (κ1) is 21.7. The van der Waals surface area contributed by atoms with Gasteiger partial charge in [0, 0.05) is 30.4 Å². The summed E-state index contributed by atoms with van der Waals surface area (Å²) < 4.78 is 5.63. The van der Waals surface area contributed by atoms with Gasteiger partial charge < -0.3 is 15.0 Å². The van der Waals surface area contributed by atoms with Crippen LogP contribution in [0.3, 0.4) is 0 Å². The second kappa shape index (κ2) is 8.54. The molecule has 1 aliphatic heterocycles. The van der Waals surface area contributed by atoms with E-state index in [2.05, 4.69) is 50.2 Å². The predicted molar refractivity (Wildman–Crippen MR) is 132 cm³/mol. The van der Waals surface area contributed by atoms with Gasteiger partial charge in [-0.1, -0.05) is 60.7 Å². The van der Waals surface area contributed by atoms with Crippen LogP contribution in [0.5, 0.6) is 5.75 Å². The van der Waals surface area contributed by atoms with Gasteiger partial charge >= 0.3 is 0 Å². The van der Waals surface area contributed by atoms with E-state index in [0.717, 1.165) is 39.3 Å². The molecule has 0 saturated carbocycles. The largest absolute Gasteiger partial charge is 0.496 e. The number of ether oxygens (including phenoxy) is 1. The van der Waals surface area contributed by atoms with Crippen molar-refractivity contribution in [2.75, 3.05) is 19.1 Å². The molecule has 1 aliphatic rings. The number of hydrogen-bond donors (Lipinski definition) is 1. The molecular formula is C28H30N2O2. The first-order valence-corrected chi connectivity index (χ1v) is 10.9. The average molecular weight is 427 g/mol. The number of para-hydroxylation sites is 1. The maximum atomic E-state index is 13.7. The zero-order chi connectivity index (χ0) is 22.9. The lowest BCUT2D eigenvalue weighted by molar-refractivity contribution is 0.0951. The Kier molecular flexibility index (Phi) is 5.79. The van der Waals surface area contributed by atoms with Gasteiger partial charge in [0.05, 0.1) is 18.2 Å². The van der Waals surface area contributed by atoms with Crippen LogP contribution in [-0.4, -0.2) is 25.6 Å². The highest BCUT2D eigenvalue weighted by molar-refractivity contribution is 6.08. The van der Waals surface area contributed by atoms with Gasteiger partial charge in [-0.05, 0) is 49.6 Å². The van der Waals surface area contributed by atoms with Crippen molar-refractivity contribution >= 4 is 17.2 Å². The Morgan fingerprint density at radius 1 is 0.969 bits per heavy atom. The number of nitrogens with one attached hydrogen (secondary N) is 1. The van der Waals surface area contributed by atoms with E-state index in [-0.39, 0.29) is 11.4 Å². The second-order valence-electron chi connectivity index (χ2n) is 8.79. The van der Waals surface area contributed by atoms with Gasteiger partial charge in [0.15, 0.2) is 0 Å². The van der Waals surface area contributed by atoms with Crippen LogP contribution in [-0.2, 0) is 6.54 Å². The van der Waals surface area contributed by atoms with E-state index in [1.807, 2.05) is 60.7 Å². The van der Waals surface area contributed by atoms with Crippen molar-refractivity contribution in [3.63, 3.8) is 0 Å². The van der Waals surface area contributed by atoms with Crippen LogP contribution in [0, 0.1) is 0 Å². The summed E-state index contributed by atoms with van der Waals surface area (Å²) in [5, 5.41) is 3.14. The lowest BCUT2D eigenvalue weighted by Crippen LogP contribution is -2.42. The SMILES string of the molecule is COc1ccccc1-c1ccc2c(c1C(=O)NCc1ccccc1)C(C)=CC(C)(C)N2C. The summed E-state index contributed by atoms with van der Waals surface area (Å²) in [5.74, 6) is 0.656. The predicted octanol–water partition coefficient (Wildman–Crippen LogP) is 5.92. The quantitative estimate of drug-likeness (QED) is 0.550. The Morgan fingerprint density at radius 3 is 2.38 bits per heavy atom. The van der Waals surface area contributed by atoms with Gasteiger partial charge in [-0.3, -0.25) is 4.79 Å². The lowest BCUT2D eigenvalue weighted by Gasteiger charge is -2.41. The Hall–Kier alpha value is -3.53. The van der Waals surface area contributed by atoms with Gasteiger partial charge in [0.2, 0.25) is 0 Å². The third-order valence-electron chi connectivity index (χ3n) is 6.29. The monoisotopic (exact) mass is 426 g/mol. The molecule has 4 nitrogen and oxygen atoms in total. The average Bonchev–Trinajstić information content (AvgIpc) is 2.80. The molecule has 164 valence electrons. The molecule has 0 bridgehead atoms. The Balaban J connectivity index is 1.88. The highest BCUT2D eigenvalue weighted by Crippen LogP contribution is 2.44. The molecule has 0 aromatic heterocycles. The molecule has 3 aromatic rings. The summed E-state index contributed by atoms with van der Waals surface area (Å²) in [7, 11) is 3.74. The maximum Gasteiger partial charge on any atom is 0.252 e. The normalized spacial score (nSPS) is 14.4. The molecule has 32 heavy (non-hydrogen) atoms. The van der Waals surface area contributed by atoms with Crippen molar-refractivity contribution in [3.05, 3.63) is 89.5 Å². The molecule has 0 fully saturated rings. The molecule has 1 amide bonds. The number of nitrogens with zero attached hydrogens (tertiary/aromatic N) is 1. The van der Waals surface area contributed by atoms with Crippen LogP contribution in [0.25, 0.3) is 16.7 Å². The highest BCUT2D eigenvalue weighted by atomic mass is 16.5. The fourth-order valence-corrected chi connectivity index (χ4v) is 4.47. The topological polar surface area (TPSA) is 41.6 Å². The standard InChI is InChI=1S/C28H30N2O2/c1-19-17-28(2,3)30(4)23-16-15-22(21-13-9-10-14-24(21)32-5)26(25(19)23)27(31)29-18-20-11-7-6-8-12-20/h6-17H,18H2,1-5H3,(H,29,31). The van der Waals surface area contributed by atoms with Crippen LogP contribution in [0.15, 0.2) is 72.8 Å². The lowest BCUT2D eigenvalue weighted by atomic mass is 9.83. The van der Waals surface area contributed by atoms with Crippen molar-refractivity contribution in [1.82, 2.24) is 5.32 Å². The molecule has 4 rings (SSSR count). The van der Waals surface area contributed by atoms with Gasteiger partial charge in [-0.15, -0.1) is 0 Å². The first-order chi connectivity index (χ1) is 15.3. The number of fused-ring (bicyclic) bond motifs is 1. The van der Waals surface area contributed by atoms with E-state index >= 15 is 0 Å². The molecule has 1 N–H and O–H groups in total. The number of allylic oxidation sites excluding steroid dienone is 1. The van der Waals surface area contributed by atoms with Gasteiger partial charge in [-0.2, -0.15) is 0 Å². The summed E-state index contributed by atoms with van der Waals surface area (Å²) >= 11 is 0. The zero-order valence-corrected chi connectivity index (χ0v) is 19.4.